The van der Waals surface area contributed by atoms with Crippen LogP contribution in [0.3, 0.4) is 0 Å². The van der Waals surface area contributed by atoms with Crippen molar-refractivity contribution in [3.8, 4) is 5.75 Å². The average Bonchev–Trinajstić information content (AvgIpc) is 3.44. The summed E-state index contributed by atoms with van der Waals surface area (Å²) in [5, 5.41) is 18.5. The van der Waals surface area contributed by atoms with Gasteiger partial charge in [-0.15, -0.1) is 0 Å². The summed E-state index contributed by atoms with van der Waals surface area (Å²) in [6.07, 6.45) is 2.50. The van der Waals surface area contributed by atoms with E-state index in [0.717, 1.165) is 46.8 Å². The van der Waals surface area contributed by atoms with Gasteiger partial charge in [-0.3, -0.25) is 0 Å². The molecule has 2 aliphatic rings. The third kappa shape index (κ3) is 4.92. The molecule has 1 saturated heterocycles. The van der Waals surface area contributed by atoms with Crippen LogP contribution in [0.2, 0.25) is 0 Å². The quantitative estimate of drug-likeness (QED) is 0.684. The topological polar surface area (TPSA) is 71.5 Å². The summed E-state index contributed by atoms with van der Waals surface area (Å²) in [6, 6.07) is 4.42. The molecule has 2 N–H and O–H groups in total. The first kappa shape index (κ1) is 19.9. The number of ether oxygens (including phenoxy) is 3. The van der Waals surface area contributed by atoms with Gasteiger partial charge in [-0.2, -0.15) is 0 Å². The predicted octanol–water partition coefficient (Wildman–Crippen LogP) is 3.16. The van der Waals surface area contributed by atoms with Crippen molar-refractivity contribution in [3.63, 3.8) is 0 Å². The monoisotopic (exact) mass is 374 g/mol. The summed E-state index contributed by atoms with van der Waals surface area (Å²) in [7, 11) is 0. The number of aliphatic hydroxyl groups excluding tert-OH is 2. The van der Waals surface area contributed by atoms with E-state index in [2.05, 4.69) is 39.0 Å². The van der Waals surface area contributed by atoms with Crippen LogP contribution in [0.25, 0.3) is 0 Å². The lowest BCUT2D eigenvalue weighted by atomic mass is 9.84. The van der Waals surface area contributed by atoms with Gasteiger partial charge in [0.2, 0.25) is 0 Å². The van der Waals surface area contributed by atoms with Gasteiger partial charge in [-0.1, -0.05) is 18.2 Å². The molecular formula is C22H30O5. The molecule has 0 saturated carbocycles. The van der Waals surface area contributed by atoms with E-state index < -0.39 is 6.10 Å². The van der Waals surface area contributed by atoms with Crippen LogP contribution in [0.15, 0.2) is 35.1 Å². The van der Waals surface area contributed by atoms with Crippen LogP contribution in [0.1, 0.15) is 42.9 Å². The van der Waals surface area contributed by atoms with Crippen LogP contribution < -0.4 is 4.74 Å². The fourth-order valence-corrected chi connectivity index (χ4v) is 3.64. The zero-order valence-electron chi connectivity index (χ0n) is 16.6. The maximum atomic E-state index is 9.52. The maximum absolute atomic E-state index is 9.52. The lowest BCUT2D eigenvalue weighted by Gasteiger charge is -2.26. The fourth-order valence-electron chi connectivity index (χ4n) is 3.64. The van der Waals surface area contributed by atoms with E-state index in [4.69, 9.17) is 19.3 Å². The van der Waals surface area contributed by atoms with Crippen molar-refractivity contribution in [1.29, 1.82) is 0 Å². The number of hydrogen-bond acceptors (Lipinski definition) is 5. The summed E-state index contributed by atoms with van der Waals surface area (Å²) in [4.78, 5) is 0. The van der Waals surface area contributed by atoms with Crippen LogP contribution in [0.5, 0.6) is 5.75 Å². The SMILES string of the molecule is CC1=CC(c2cc(C)c(OCC3CO3)c(C)c2)CC(C)=C1OCC(O)CO. The van der Waals surface area contributed by atoms with E-state index in [-0.39, 0.29) is 19.3 Å². The summed E-state index contributed by atoms with van der Waals surface area (Å²) in [5.41, 5.74) is 5.79. The number of benzene rings is 1. The molecule has 0 amide bonds. The lowest BCUT2D eigenvalue weighted by Crippen LogP contribution is -2.20. The average molecular weight is 374 g/mol. The van der Waals surface area contributed by atoms with E-state index in [1.54, 1.807) is 0 Å². The molecule has 0 radical (unpaired) electrons. The molecule has 148 valence electrons. The van der Waals surface area contributed by atoms with Crippen molar-refractivity contribution in [3.05, 3.63) is 51.8 Å². The van der Waals surface area contributed by atoms with Gasteiger partial charge in [0.05, 0.1) is 13.2 Å². The highest BCUT2D eigenvalue weighted by atomic mass is 16.6. The highest BCUT2D eigenvalue weighted by molar-refractivity contribution is 5.47. The molecule has 0 spiro atoms. The zero-order valence-corrected chi connectivity index (χ0v) is 16.6. The first-order chi connectivity index (χ1) is 12.9. The van der Waals surface area contributed by atoms with Gasteiger partial charge in [-0.25, -0.2) is 0 Å². The zero-order chi connectivity index (χ0) is 19.6. The Balaban J connectivity index is 1.73. The Bertz CT molecular complexity index is 722. The molecule has 3 atom stereocenters. The van der Waals surface area contributed by atoms with Gasteiger partial charge in [0, 0.05) is 5.92 Å². The normalized spacial score (nSPS) is 23.1. The third-order valence-electron chi connectivity index (χ3n) is 5.08. The Hall–Kier alpha value is -1.82. The Morgan fingerprint density at radius 1 is 1.15 bits per heavy atom. The van der Waals surface area contributed by atoms with E-state index in [1.807, 2.05) is 6.92 Å². The number of epoxide rings is 1. The van der Waals surface area contributed by atoms with Gasteiger partial charge in [-0.05, 0) is 62.0 Å². The summed E-state index contributed by atoms with van der Waals surface area (Å²) >= 11 is 0. The van der Waals surface area contributed by atoms with Crippen LogP contribution in [0.4, 0.5) is 0 Å². The second-order valence-corrected chi connectivity index (χ2v) is 7.67. The van der Waals surface area contributed by atoms with Gasteiger partial charge in [0.25, 0.3) is 0 Å². The van der Waals surface area contributed by atoms with Crippen molar-refractivity contribution in [1.82, 2.24) is 0 Å². The molecule has 3 unspecified atom stereocenters. The van der Waals surface area contributed by atoms with Gasteiger partial charge in [0.15, 0.2) is 0 Å². The molecule has 5 nitrogen and oxygen atoms in total. The van der Waals surface area contributed by atoms with Gasteiger partial charge in [0.1, 0.15) is 36.9 Å². The van der Waals surface area contributed by atoms with Crippen LogP contribution in [-0.4, -0.2) is 48.8 Å². The molecule has 1 aliphatic carbocycles. The molecule has 1 heterocycles. The summed E-state index contributed by atoms with van der Waals surface area (Å²) < 4.78 is 16.9. The largest absolute Gasteiger partial charge is 0.491 e. The molecule has 0 bridgehead atoms. The van der Waals surface area contributed by atoms with Crippen LogP contribution >= 0.6 is 0 Å². The van der Waals surface area contributed by atoms with Crippen LogP contribution in [-0.2, 0) is 9.47 Å². The van der Waals surface area contributed by atoms with Crippen molar-refractivity contribution >= 4 is 0 Å². The lowest BCUT2D eigenvalue weighted by molar-refractivity contribution is 0.0309. The van der Waals surface area contributed by atoms with Crippen molar-refractivity contribution in [2.45, 2.75) is 52.2 Å². The minimum atomic E-state index is -0.852. The molecule has 1 fully saturated rings. The Kier molecular flexibility index (Phi) is 6.25. The van der Waals surface area contributed by atoms with E-state index in [0.29, 0.717) is 12.5 Å². The van der Waals surface area contributed by atoms with E-state index in [9.17, 15) is 5.11 Å². The Labute approximate surface area is 161 Å². The minimum absolute atomic E-state index is 0.105. The van der Waals surface area contributed by atoms with Crippen LogP contribution in [0, 0.1) is 13.8 Å². The molecular weight excluding hydrogens is 344 g/mol. The van der Waals surface area contributed by atoms with Gasteiger partial charge < -0.3 is 24.4 Å². The predicted molar refractivity (Wildman–Crippen MR) is 104 cm³/mol. The highest BCUT2D eigenvalue weighted by Gasteiger charge is 2.25. The Morgan fingerprint density at radius 2 is 1.81 bits per heavy atom. The number of rotatable bonds is 8. The highest BCUT2D eigenvalue weighted by Crippen LogP contribution is 2.38. The molecule has 3 rings (SSSR count). The second kappa shape index (κ2) is 8.46. The number of aliphatic hydroxyl groups is 2. The molecule has 1 aromatic carbocycles. The number of hydrogen-bond donors (Lipinski definition) is 2. The second-order valence-electron chi connectivity index (χ2n) is 7.67. The molecule has 1 aromatic rings. The summed E-state index contributed by atoms with van der Waals surface area (Å²) in [5.74, 6) is 2.08. The first-order valence-electron chi connectivity index (χ1n) is 9.54. The van der Waals surface area contributed by atoms with E-state index >= 15 is 0 Å². The van der Waals surface area contributed by atoms with E-state index in [1.165, 1.54) is 5.56 Å². The number of allylic oxidation sites excluding steroid dienone is 3. The molecule has 1 aliphatic heterocycles. The molecule has 5 heteroatoms. The smallest absolute Gasteiger partial charge is 0.125 e. The summed E-state index contributed by atoms with van der Waals surface area (Å²) in [6.45, 7) is 9.50. The van der Waals surface area contributed by atoms with Crippen molar-refractivity contribution < 1.29 is 24.4 Å². The number of aryl methyl sites for hydroxylation is 2. The van der Waals surface area contributed by atoms with Gasteiger partial charge >= 0.3 is 0 Å². The molecule has 0 aromatic heterocycles. The Morgan fingerprint density at radius 3 is 2.37 bits per heavy atom. The maximum Gasteiger partial charge on any atom is 0.125 e. The standard InChI is InChI=1S/C22H30O5/c1-13-5-17(6-14(2)21(13)26-10-19(24)9-23)18-7-15(3)22(16(4)8-18)27-12-20-11-25-20/h5,7-8,17,19-20,23-24H,6,9-12H2,1-4H3. The third-order valence-corrected chi connectivity index (χ3v) is 5.08. The molecule has 27 heavy (non-hydrogen) atoms. The first-order valence-corrected chi connectivity index (χ1v) is 9.54. The fraction of sp³-hybridized carbons (Fsp3) is 0.545. The minimum Gasteiger partial charge on any atom is -0.491 e. The van der Waals surface area contributed by atoms with Crippen molar-refractivity contribution in [2.24, 2.45) is 0 Å². The van der Waals surface area contributed by atoms with Crippen molar-refractivity contribution in [2.75, 3.05) is 26.4 Å².